The van der Waals surface area contributed by atoms with Gasteiger partial charge in [0.15, 0.2) is 69.0 Å². The lowest BCUT2D eigenvalue weighted by molar-refractivity contribution is 0.101. The monoisotopic (exact) mass is 930 g/mol. The first kappa shape index (κ1) is 48.2. The van der Waals surface area contributed by atoms with Crippen LogP contribution in [0.2, 0.25) is 0 Å². The molecule has 0 aromatic heterocycles. The Balaban J connectivity index is 0.000000217. The summed E-state index contributed by atoms with van der Waals surface area (Å²) in [5.74, 6) is -31.0. The van der Waals surface area contributed by atoms with Gasteiger partial charge in [0, 0.05) is 0 Å². The van der Waals surface area contributed by atoms with Crippen LogP contribution < -0.4 is 0 Å². The van der Waals surface area contributed by atoms with Crippen LogP contribution in [0.1, 0.15) is 47.8 Å². The van der Waals surface area contributed by atoms with Crippen LogP contribution in [-0.2, 0) is 0 Å². The fourth-order valence-corrected chi connectivity index (χ4v) is 5.37. The predicted molar refractivity (Wildman–Crippen MR) is 209 cm³/mol. The summed E-state index contributed by atoms with van der Waals surface area (Å²) in [6.07, 6.45) is 0. The Hall–Kier alpha value is -10.5. The van der Waals surface area contributed by atoms with E-state index in [1.807, 2.05) is 0 Å². The Labute approximate surface area is 361 Å². The van der Waals surface area contributed by atoms with Crippen molar-refractivity contribution >= 4 is 17.3 Å². The van der Waals surface area contributed by atoms with Crippen LogP contribution in [0.15, 0.2) is 36.4 Å². The zero-order valence-electron chi connectivity index (χ0n) is 31.9. The number of benzene rings is 6. The first-order chi connectivity index (χ1) is 30.5. The molecule has 0 atom stereocenters. The summed E-state index contributed by atoms with van der Waals surface area (Å²) in [6, 6.07) is 5.07. The van der Waals surface area contributed by atoms with E-state index in [-0.39, 0.29) is 0 Å². The number of hydrogen-bond acceptors (Lipinski definition) is 27. The molecule has 0 aliphatic carbocycles. The molecule has 24 N–H and O–H groups in total. The summed E-state index contributed by atoms with van der Waals surface area (Å²) in [4.78, 5) is 36.6. The second-order valence-electron chi connectivity index (χ2n) is 12.9. The molecular weight excluding hydrogens is 900 g/mol. The van der Waals surface area contributed by atoms with Crippen molar-refractivity contribution in [3.8, 4) is 138 Å². The third-order valence-electron chi connectivity index (χ3n) is 8.88. The molecule has 0 amide bonds. The zero-order valence-corrected chi connectivity index (χ0v) is 31.9. The first-order valence-electron chi connectivity index (χ1n) is 17.0. The SMILES string of the molecule is O=C(c1c(O)c(O)c(O)c(O)c1O)c1c(O)c(O)c(O)c(O)c1O.O=C(c1cc(O)c(O)c(O)c1O)c1c(O)ccc(O)c1O.O=C(c1ccc(O)c(O)c1O)c1cc(O)c(O)c(O)c1O. The minimum Gasteiger partial charge on any atom is -0.507 e. The van der Waals surface area contributed by atoms with Crippen LogP contribution in [0.25, 0.3) is 0 Å². The van der Waals surface area contributed by atoms with Gasteiger partial charge in [-0.1, -0.05) is 0 Å². The lowest BCUT2D eigenvalue weighted by atomic mass is 9.97. The van der Waals surface area contributed by atoms with Crippen molar-refractivity contribution < 1.29 is 137 Å². The molecule has 66 heavy (non-hydrogen) atoms. The van der Waals surface area contributed by atoms with Crippen LogP contribution in [0.4, 0.5) is 0 Å². The van der Waals surface area contributed by atoms with E-state index in [1.54, 1.807) is 0 Å². The number of rotatable bonds is 6. The molecule has 0 unspecified atom stereocenters. The summed E-state index contributed by atoms with van der Waals surface area (Å²) in [5, 5.41) is 226. The van der Waals surface area contributed by atoms with Gasteiger partial charge in [0.25, 0.3) is 0 Å². The molecule has 6 aromatic rings. The molecule has 6 aromatic carbocycles. The van der Waals surface area contributed by atoms with Gasteiger partial charge in [-0.3, -0.25) is 14.4 Å². The molecule has 0 bridgehead atoms. The maximum Gasteiger partial charge on any atom is 0.208 e. The summed E-state index contributed by atoms with van der Waals surface area (Å²) >= 11 is 0. The number of carbonyl (C=O) groups excluding carboxylic acids is 3. The molecule has 0 aliphatic rings. The quantitative estimate of drug-likeness (QED) is 0.0642. The van der Waals surface area contributed by atoms with Gasteiger partial charge in [0.1, 0.15) is 22.4 Å². The normalized spacial score (nSPS) is 10.5. The van der Waals surface area contributed by atoms with Gasteiger partial charge in [-0.15, -0.1) is 0 Å². The number of ketones is 3. The highest BCUT2D eigenvalue weighted by molar-refractivity contribution is 6.18. The van der Waals surface area contributed by atoms with E-state index < -0.39 is 189 Å². The van der Waals surface area contributed by atoms with Gasteiger partial charge in [-0.25, -0.2) is 0 Å². The maximum atomic E-state index is 12.3. The highest BCUT2D eigenvalue weighted by Gasteiger charge is 2.35. The third-order valence-corrected chi connectivity index (χ3v) is 8.88. The lowest BCUT2D eigenvalue weighted by Gasteiger charge is -2.14. The second kappa shape index (κ2) is 17.5. The summed E-state index contributed by atoms with van der Waals surface area (Å²) in [5.41, 5.74) is -5.11. The first-order valence-corrected chi connectivity index (χ1v) is 17.0. The number of hydrogen-bond donors (Lipinski definition) is 24. The number of phenols is 24. The Morgan fingerprint density at radius 1 is 0.212 bits per heavy atom. The average Bonchev–Trinajstić information content (AvgIpc) is 3.28. The van der Waals surface area contributed by atoms with E-state index in [0.717, 1.165) is 24.3 Å². The van der Waals surface area contributed by atoms with Gasteiger partial charge in [0.2, 0.25) is 80.6 Å². The van der Waals surface area contributed by atoms with Gasteiger partial charge in [-0.2, -0.15) is 0 Å². The van der Waals surface area contributed by atoms with Gasteiger partial charge in [0.05, 0.1) is 16.7 Å². The van der Waals surface area contributed by atoms with Gasteiger partial charge >= 0.3 is 0 Å². The van der Waals surface area contributed by atoms with Crippen LogP contribution in [-0.4, -0.2) is 140 Å². The highest BCUT2D eigenvalue weighted by Crippen LogP contribution is 2.56. The smallest absolute Gasteiger partial charge is 0.208 e. The highest BCUT2D eigenvalue weighted by atomic mass is 16.4. The lowest BCUT2D eigenvalue weighted by Crippen LogP contribution is -2.04. The molecule has 0 saturated carbocycles. The topological polar surface area (TPSA) is 537 Å². The van der Waals surface area contributed by atoms with Crippen LogP contribution in [0.5, 0.6) is 138 Å². The predicted octanol–water partition coefficient (Wildman–Crippen LogP) is 1.69. The molecule has 0 radical (unpaired) electrons. The molecule has 27 nitrogen and oxygen atoms in total. The number of carbonyl (C=O) groups is 3. The van der Waals surface area contributed by atoms with Crippen molar-refractivity contribution in [2.75, 3.05) is 0 Å². The molecule has 0 spiro atoms. The van der Waals surface area contributed by atoms with Gasteiger partial charge < -0.3 is 123 Å². The van der Waals surface area contributed by atoms with Crippen molar-refractivity contribution in [2.24, 2.45) is 0 Å². The fourth-order valence-electron chi connectivity index (χ4n) is 5.37. The average molecular weight is 931 g/mol. The van der Waals surface area contributed by atoms with E-state index >= 15 is 0 Å². The van der Waals surface area contributed by atoms with Crippen molar-refractivity contribution in [1.82, 2.24) is 0 Å². The largest absolute Gasteiger partial charge is 0.507 e. The molecule has 348 valence electrons. The zero-order chi connectivity index (χ0) is 50.3. The van der Waals surface area contributed by atoms with Crippen molar-refractivity contribution in [3.05, 3.63) is 69.8 Å². The standard InChI is InChI=1S/C13H10O11.2C13H10O8/c14-3(1-4(15)8(19)12(23)9(20)5(1)16)2-6(17)10(21)13(24)11(22)7(2)18;14-5-1-2-6(15)11(19)8(5)9(17)4-3-7(16)12(20)13(21)10(4)18;14-6-2-1-4(9(17)11(6)19)8(16)5-3-7(15)12(20)13(21)10(5)18/h15-24H;1-3,14-16,18-21H;1-3,14-15,17-21H. The number of aromatic hydroxyl groups is 24. The molecule has 6 rings (SSSR count). The minimum atomic E-state index is -1.68. The maximum absolute atomic E-state index is 12.3. The van der Waals surface area contributed by atoms with Crippen molar-refractivity contribution in [1.29, 1.82) is 0 Å². The summed E-state index contributed by atoms with van der Waals surface area (Å²) < 4.78 is 0. The Morgan fingerprint density at radius 2 is 0.485 bits per heavy atom. The Kier molecular flexibility index (Phi) is 12.8. The van der Waals surface area contributed by atoms with Gasteiger partial charge in [-0.05, 0) is 36.4 Å². The van der Waals surface area contributed by atoms with Crippen molar-refractivity contribution in [3.63, 3.8) is 0 Å². The Morgan fingerprint density at radius 3 is 0.879 bits per heavy atom. The molecular formula is C39H30O27. The van der Waals surface area contributed by atoms with Crippen LogP contribution >= 0.6 is 0 Å². The van der Waals surface area contributed by atoms with E-state index in [1.165, 1.54) is 0 Å². The minimum absolute atomic E-state index is 0.495. The molecule has 0 saturated heterocycles. The van der Waals surface area contributed by atoms with E-state index in [0.29, 0.717) is 12.1 Å². The molecule has 27 heteroatoms. The molecule has 0 heterocycles. The van der Waals surface area contributed by atoms with Crippen LogP contribution in [0.3, 0.4) is 0 Å². The van der Waals surface area contributed by atoms with E-state index in [2.05, 4.69) is 0 Å². The molecule has 0 aliphatic heterocycles. The van der Waals surface area contributed by atoms with Crippen LogP contribution in [0, 0.1) is 0 Å². The number of phenolic OH excluding ortho intramolecular Hbond substituents is 24. The third kappa shape index (κ3) is 8.04. The molecule has 0 fully saturated rings. The Bertz CT molecular complexity index is 2900. The fraction of sp³-hybridized carbons (Fsp3) is 0. The second-order valence-corrected chi connectivity index (χ2v) is 12.9. The summed E-state index contributed by atoms with van der Waals surface area (Å²) in [6.45, 7) is 0. The van der Waals surface area contributed by atoms with Crippen molar-refractivity contribution in [2.45, 2.75) is 0 Å². The van der Waals surface area contributed by atoms with E-state index in [9.17, 15) is 137 Å². The summed E-state index contributed by atoms with van der Waals surface area (Å²) in [7, 11) is 0. The van der Waals surface area contributed by atoms with E-state index in [4.69, 9.17) is 0 Å².